The van der Waals surface area contributed by atoms with Crippen LogP contribution in [0.5, 0.6) is 5.75 Å². The average Bonchev–Trinajstić information content (AvgIpc) is 2.64. The number of rotatable bonds is 4. The molecule has 4 heteroatoms. The molecule has 1 saturated heterocycles. The Morgan fingerprint density at radius 3 is 2.94 bits per heavy atom. The second-order valence-corrected chi connectivity index (χ2v) is 5.10. The predicted octanol–water partition coefficient (Wildman–Crippen LogP) is 1.33. The van der Waals surface area contributed by atoms with Gasteiger partial charge in [-0.25, -0.2) is 0 Å². The molecule has 2 atom stereocenters. The SMILES string of the molecule is Cc1ccc(O)c(CNCC2(O)CCOC2C)c1. The van der Waals surface area contributed by atoms with E-state index in [9.17, 15) is 10.2 Å². The maximum absolute atomic E-state index is 10.3. The summed E-state index contributed by atoms with van der Waals surface area (Å²) in [5.41, 5.74) is 1.17. The van der Waals surface area contributed by atoms with Crippen LogP contribution < -0.4 is 5.32 Å². The zero-order valence-electron chi connectivity index (χ0n) is 10.9. The molecule has 0 aromatic heterocycles. The normalized spacial score (nSPS) is 27.6. The number of nitrogens with one attached hydrogen (secondary N) is 1. The minimum atomic E-state index is -0.792. The lowest BCUT2D eigenvalue weighted by Crippen LogP contribution is -2.45. The second-order valence-electron chi connectivity index (χ2n) is 5.10. The molecule has 1 aliphatic rings. The molecule has 1 heterocycles. The van der Waals surface area contributed by atoms with Crippen molar-refractivity contribution in [1.29, 1.82) is 0 Å². The maximum Gasteiger partial charge on any atom is 0.120 e. The minimum Gasteiger partial charge on any atom is -0.508 e. The van der Waals surface area contributed by atoms with Gasteiger partial charge in [-0.15, -0.1) is 0 Å². The molecule has 2 unspecified atom stereocenters. The fourth-order valence-corrected chi connectivity index (χ4v) is 2.27. The molecule has 1 fully saturated rings. The zero-order chi connectivity index (χ0) is 13.2. The molecule has 18 heavy (non-hydrogen) atoms. The van der Waals surface area contributed by atoms with Crippen LogP contribution in [0.25, 0.3) is 0 Å². The number of phenols is 1. The lowest BCUT2D eigenvalue weighted by molar-refractivity contribution is -0.0263. The topological polar surface area (TPSA) is 61.7 Å². The van der Waals surface area contributed by atoms with E-state index < -0.39 is 5.60 Å². The minimum absolute atomic E-state index is 0.142. The van der Waals surface area contributed by atoms with Gasteiger partial charge in [0.25, 0.3) is 0 Å². The summed E-state index contributed by atoms with van der Waals surface area (Å²) in [5, 5.41) is 23.2. The quantitative estimate of drug-likeness (QED) is 0.755. The highest BCUT2D eigenvalue weighted by Crippen LogP contribution is 2.25. The van der Waals surface area contributed by atoms with Gasteiger partial charge >= 0.3 is 0 Å². The molecule has 0 saturated carbocycles. The number of aromatic hydroxyl groups is 1. The van der Waals surface area contributed by atoms with E-state index in [1.165, 1.54) is 0 Å². The molecule has 1 aromatic rings. The average molecular weight is 251 g/mol. The van der Waals surface area contributed by atoms with Crippen LogP contribution in [0.3, 0.4) is 0 Å². The van der Waals surface area contributed by atoms with Crippen LogP contribution in [-0.4, -0.2) is 35.1 Å². The van der Waals surface area contributed by atoms with E-state index in [-0.39, 0.29) is 11.9 Å². The molecule has 3 N–H and O–H groups in total. The van der Waals surface area contributed by atoms with Gasteiger partial charge in [-0.05, 0) is 19.9 Å². The molecule has 0 bridgehead atoms. The van der Waals surface area contributed by atoms with Crippen molar-refractivity contribution in [3.8, 4) is 5.75 Å². The molecule has 4 nitrogen and oxygen atoms in total. The van der Waals surface area contributed by atoms with E-state index >= 15 is 0 Å². The molecule has 1 aliphatic heterocycles. The van der Waals surface area contributed by atoms with Crippen LogP contribution >= 0.6 is 0 Å². The molecule has 0 spiro atoms. The van der Waals surface area contributed by atoms with Crippen LogP contribution in [0, 0.1) is 6.92 Å². The van der Waals surface area contributed by atoms with Crippen molar-refractivity contribution < 1.29 is 14.9 Å². The Labute approximate surface area is 108 Å². The zero-order valence-corrected chi connectivity index (χ0v) is 10.9. The molecule has 0 aliphatic carbocycles. The highest BCUT2D eigenvalue weighted by molar-refractivity contribution is 5.35. The summed E-state index contributed by atoms with van der Waals surface area (Å²) < 4.78 is 5.37. The number of phenolic OH excluding ortho intramolecular Hbond substituents is 1. The first-order chi connectivity index (χ1) is 8.51. The Morgan fingerprint density at radius 1 is 1.50 bits per heavy atom. The molecule has 0 radical (unpaired) electrons. The Balaban J connectivity index is 1.90. The van der Waals surface area contributed by atoms with E-state index in [2.05, 4.69) is 5.32 Å². The van der Waals surface area contributed by atoms with E-state index in [0.717, 1.165) is 11.1 Å². The van der Waals surface area contributed by atoms with E-state index in [1.54, 1.807) is 6.07 Å². The summed E-state index contributed by atoms with van der Waals surface area (Å²) in [6, 6.07) is 5.52. The second kappa shape index (κ2) is 5.26. The van der Waals surface area contributed by atoms with Crippen LogP contribution in [0.15, 0.2) is 18.2 Å². The Morgan fingerprint density at radius 2 is 2.28 bits per heavy atom. The lowest BCUT2D eigenvalue weighted by Gasteiger charge is -2.26. The first kappa shape index (κ1) is 13.3. The number of aliphatic hydroxyl groups is 1. The van der Waals surface area contributed by atoms with Gasteiger partial charge in [0.2, 0.25) is 0 Å². The number of aryl methyl sites for hydroxylation is 1. The van der Waals surface area contributed by atoms with Gasteiger partial charge < -0.3 is 20.3 Å². The monoisotopic (exact) mass is 251 g/mol. The van der Waals surface area contributed by atoms with Gasteiger partial charge in [-0.3, -0.25) is 0 Å². The first-order valence-corrected chi connectivity index (χ1v) is 6.34. The van der Waals surface area contributed by atoms with E-state index in [1.807, 2.05) is 26.0 Å². The van der Waals surface area contributed by atoms with E-state index in [4.69, 9.17) is 4.74 Å². The van der Waals surface area contributed by atoms with Crippen LogP contribution in [0.1, 0.15) is 24.5 Å². The third-order valence-corrected chi connectivity index (χ3v) is 3.64. The fraction of sp³-hybridized carbons (Fsp3) is 0.571. The van der Waals surface area contributed by atoms with Gasteiger partial charge in [0, 0.05) is 31.7 Å². The van der Waals surface area contributed by atoms with Gasteiger partial charge in [0.15, 0.2) is 0 Å². The third kappa shape index (κ3) is 2.83. The largest absolute Gasteiger partial charge is 0.508 e. The van der Waals surface area contributed by atoms with Crippen molar-refractivity contribution in [2.45, 2.75) is 38.5 Å². The van der Waals surface area contributed by atoms with Gasteiger partial charge in [0.05, 0.1) is 6.10 Å². The summed E-state index contributed by atoms with van der Waals surface area (Å²) in [6.45, 7) is 5.50. The van der Waals surface area contributed by atoms with Crippen LogP contribution in [0.4, 0.5) is 0 Å². The van der Waals surface area contributed by atoms with Crippen LogP contribution in [-0.2, 0) is 11.3 Å². The van der Waals surface area contributed by atoms with Crippen molar-refractivity contribution in [1.82, 2.24) is 5.32 Å². The summed E-state index contributed by atoms with van der Waals surface area (Å²) in [5.74, 6) is 0.288. The third-order valence-electron chi connectivity index (χ3n) is 3.64. The number of ether oxygens (including phenoxy) is 1. The highest BCUT2D eigenvalue weighted by atomic mass is 16.5. The number of hydrogen-bond acceptors (Lipinski definition) is 4. The van der Waals surface area contributed by atoms with Gasteiger partial charge in [-0.2, -0.15) is 0 Å². The molecular weight excluding hydrogens is 230 g/mol. The molecule has 0 amide bonds. The first-order valence-electron chi connectivity index (χ1n) is 6.34. The van der Waals surface area contributed by atoms with Gasteiger partial charge in [0.1, 0.15) is 11.4 Å². The molecule has 100 valence electrons. The molecule has 2 rings (SSSR count). The van der Waals surface area contributed by atoms with Crippen molar-refractivity contribution in [2.75, 3.05) is 13.2 Å². The number of benzene rings is 1. The van der Waals surface area contributed by atoms with Crippen molar-refractivity contribution >= 4 is 0 Å². The van der Waals surface area contributed by atoms with Crippen molar-refractivity contribution in [3.63, 3.8) is 0 Å². The smallest absolute Gasteiger partial charge is 0.120 e. The lowest BCUT2D eigenvalue weighted by atomic mass is 9.96. The standard InChI is InChI=1S/C14H21NO3/c1-10-3-4-13(16)12(7-10)8-15-9-14(17)5-6-18-11(14)2/h3-4,7,11,15-17H,5-6,8-9H2,1-2H3. The summed E-state index contributed by atoms with van der Waals surface area (Å²) in [4.78, 5) is 0. The van der Waals surface area contributed by atoms with Crippen LogP contribution in [0.2, 0.25) is 0 Å². The summed E-state index contributed by atoms with van der Waals surface area (Å²) >= 11 is 0. The molecule has 1 aromatic carbocycles. The highest BCUT2D eigenvalue weighted by Gasteiger charge is 2.38. The Bertz CT molecular complexity index is 422. The van der Waals surface area contributed by atoms with Crippen molar-refractivity contribution in [2.24, 2.45) is 0 Å². The summed E-state index contributed by atoms with van der Waals surface area (Å²) in [7, 11) is 0. The van der Waals surface area contributed by atoms with E-state index in [0.29, 0.717) is 26.1 Å². The predicted molar refractivity (Wildman–Crippen MR) is 69.5 cm³/mol. The summed E-state index contributed by atoms with van der Waals surface area (Å²) in [6.07, 6.45) is 0.511. The maximum atomic E-state index is 10.3. The fourth-order valence-electron chi connectivity index (χ4n) is 2.27. The van der Waals surface area contributed by atoms with Gasteiger partial charge in [-0.1, -0.05) is 17.7 Å². The van der Waals surface area contributed by atoms with Crippen molar-refractivity contribution in [3.05, 3.63) is 29.3 Å². The Kier molecular flexibility index (Phi) is 3.90. The Hall–Kier alpha value is -1.10. The number of hydrogen-bond donors (Lipinski definition) is 3. The molecular formula is C14H21NO3.